The smallest absolute Gasteiger partial charge is 0.198 e. The van der Waals surface area contributed by atoms with Crippen LogP contribution in [0.15, 0.2) is 59.0 Å². The lowest BCUT2D eigenvalue weighted by atomic mass is 9.98. The zero-order valence-electron chi connectivity index (χ0n) is 13.3. The highest BCUT2D eigenvalue weighted by Gasteiger charge is 2.35. The molecule has 0 spiro atoms. The second-order valence-electron chi connectivity index (χ2n) is 6.07. The van der Waals surface area contributed by atoms with Gasteiger partial charge >= 0.3 is 0 Å². The number of hydrogen-bond donors (Lipinski definition) is 0. The molecule has 0 atom stereocenters. The lowest BCUT2D eigenvalue weighted by Gasteiger charge is -2.33. The minimum absolute atomic E-state index is 0.165. The molecule has 22 heavy (non-hydrogen) atoms. The Bertz CT molecular complexity index is 719. The summed E-state index contributed by atoms with van der Waals surface area (Å²) in [5, 5.41) is 0. The molecule has 0 saturated carbocycles. The highest BCUT2D eigenvalue weighted by atomic mass is 16.2. The zero-order valence-corrected chi connectivity index (χ0v) is 13.3. The van der Waals surface area contributed by atoms with Crippen molar-refractivity contribution in [2.45, 2.75) is 33.7 Å². The van der Waals surface area contributed by atoms with Crippen LogP contribution in [0.5, 0.6) is 0 Å². The molecule has 3 nitrogen and oxygen atoms in total. The number of Topliss-reactive ketones (excluding diaryl/α,β-unsaturated/α-hetero) is 2. The van der Waals surface area contributed by atoms with E-state index in [0.29, 0.717) is 22.7 Å². The minimum atomic E-state index is -0.165. The number of benzene rings is 1. The monoisotopic (exact) mass is 293 g/mol. The summed E-state index contributed by atoms with van der Waals surface area (Å²) in [7, 11) is 0. The van der Waals surface area contributed by atoms with E-state index in [1.165, 1.54) is 0 Å². The standard InChI is InChI=1S/C19H19NO2/c1-11(2)20-12(3)9-14(10-13(20)4)17-18(21)15-7-5-6-8-16(15)19(17)22/h5-11H,1-4H3. The summed E-state index contributed by atoms with van der Waals surface area (Å²) in [5.41, 5.74) is 4.14. The number of allylic oxidation sites excluding steroid dienone is 6. The van der Waals surface area contributed by atoms with Crippen molar-refractivity contribution in [2.75, 3.05) is 0 Å². The summed E-state index contributed by atoms with van der Waals surface area (Å²) in [6.07, 6.45) is 3.87. The van der Waals surface area contributed by atoms with Gasteiger partial charge in [0, 0.05) is 28.6 Å². The van der Waals surface area contributed by atoms with Gasteiger partial charge in [0.15, 0.2) is 11.6 Å². The van der Waals surface area contributed by atoms with Crippen molar-refractivity contribution >= 4 is 11.6 Å². The Morgan fingerprint density at radius 2 is 1.32 bits per heavy atom. The molecule has 0 fully saturated rings. The van der Waals surface area contributed by atoms with E-state index in [0.717, 1.165) is 17.0 Å². The molecule has 0 radical (unpaired) electrons. The molecule has 112 valence electrons. The average molecular weight is 293 g/mol. The number of nitrogens with zero attached hydrogens (tertiary/aromatic N) is 1. The van der Waals surface area contributed by atoms with Crippen LogP contribution in [0.2, 0.25) is 0 Å². The highest BCUT2D eigenvalue weighted by Crippen LogP contribution is 2.33. The Hall–Kier alpha value is -2.42. The van der Waals surface area contributed by atoms with Crippen LogP contribution in [0.4, 0.5) is 0 Å². The Morgan fingerprint density at radius 3 is 1.73 bits per heavy atom. The van der Waals surface area contributed by atoms with Crippen molar-refractivity contribution in [3.05, 3.63) is 70.1 Å². The van der Waals surface area contributed by atoms with E-state index < -0.39 is 0 Å². The Labute approximate surface area is 130 Å². The molecule has 1 heterocycles. The number of hydrogen-bond acceptors (Lipinski definition) is 3. The molecule has 0 N–H and O–H groups in total. The van der Waals surface area contributed by atoms with Crippen LogP contribution in [0.25, 0.3) is 0 Å². The Morgan fingerprint density at radius 1 is 0.864 bits per heavy atom. The SMILES string of the molecule is CC1=CC(=C2C(=O)c3ccccc3C2=O)C=C(C)N1C(C)C. The molecular weight excluding hydrogens is 274 g/mol. The van der Waals surface area contributed by atoms with Crippen molar-refractivity contribution in [3.8, 4) is 0 Å². The van der Waals surface area contributed by atoms with Crippen molar-refractivity contribution in [3.63, 3.8) is 0 Å². The summed E-state index contributed by atoms with van der Waals surface area (Å²) in [6, 6.07) is 7.37. The van der Waals surface area contributed by atoms with Crippen molar-refractivity contribution in [1.82, 2.24) is 4.90 Å². The molecule has 3 heteroatoms. The third-order valence-electron chi connectivity index (χ3n) is 4.16. The molecule has 0 bridgehead atoms. The highest BCUT2D eigenvalue weighted by molar-refractivity contribution is 6.40. The maximum atomic E-state index is 12.6. The Balaban J connectivity index is 2.14. The molecule has 1 aromatic carbocycles. The normalized spacial score (nSPS) is 18.0. The van der Waals surface area contributed by atoms with Gasteiger partial charge in [0.05, 0.1) is 5.57 Å². The first-order valence-electron chi connectivity index (χ1n) is 7.50. The first kappa shape index (κ1) is 14.5. The molecule has 0 saturated heterocycles. The van der Waals surface area contributed by atoms with Gasteiger partial charge in [-0.25, -0.2) is 0 Å². The molecule has 0 aromatic heterocycles. The van der Waals surface area contributed by atoms with Crippen LogP contribution in [0, 0.1) is 0 Å². The quantitative estimate of drug-likeness (QED) is 0.582. The van der Waals surface area contributed by atoms with Gasteiger partial charge in [0.1, 0.15) is 0 Å². The maximum Gasteiger partial charge on any atom is 0.198 e. The fourth-order valence-corrected chi connectivity index (χ4v) is 3.38. The summed E-state index contributed by atoms with van der Waals surface area (Å²) in [5.74, 6) is -0.330. The van der Waals surface area contributed by atoms with Gasteiger partial charge in [-0.15, -0.1) is 0 Å². The van der Waals surface area contributed by atoms with E-state index in [1.807, 2.05) is 26.0 Å². The second-order valence-corrected chi connectivity index (χ2v) is 6.07. The summed E-state index contributed by atoms with van der Waals surface area (Å²) < 4.78 is 0. The van der Waals surface area contributed by atoms with Gasteiger partial charge in [0.25, 0.3) is 0 Å². The van der Waals surface area contributed by atoms with Gasteiger partial charge in [-0.1, -0.05) is 24.3 Å². The van der Waals surface area contributed by atoms with Crippen molar-refractivity contribution in [2.24, 2.45) is 0 Å². The number of fused-ring (bicyclic) bond motifs is 1. The third kappa shape index (κ3) is 2.05. The maximum absolute atomic E-state index is 12.6. The lowest BCUT2D eigenvalue weighted by molar-refractivity contribution is 0.0988. The topological polar surface area (TPSA) is 37.4 Å². The third-order valence-corrected chi connectivity index (χ3v) is 4.16. The van der Waals surface area contributed by atoms with Gasteiger partial charge in [-0.2, -0.15) is 0 Å². The van der Waals surface area contributed by atoms with Gasteiger partial charge < -0.3 is 4.90 Å². The number of carbonyl (C=O) groups is 2. The molecule has 0 unspecified atom stereocenters. The molecule has 1 aliphatic heterocycles. The molecule has 0 amide bonds. The lowest BCUT2D eigenvalue weighted by Crippen LogP contribution is -2.29. The van der Waals surface area contributed by atoms with E-state index in [1.54, 1.807) is 24.3 Å². The van der Waals surface area contributed by atoms with Crippen LogP contribution >= 0.6 is 0 Å². The van der Waals surface area contributed by atoms with E-state index in [2.05, 4.69) is 18.7 Å². The minimum Gasteiger partial charge on any atom is -0.347 e. The van der Waals surface area contributed by atoms with Gasteiger partial charge in [-0.3, -0.25) is 9.59 Å². The average Bonchev–Trinajstić information content (AvgIpc) is 2.70. The van der Waals surface area contributed by atoms with Crippen LogP contribution in [0.3, 0.4) is 0 Å². The summed E-state index contributed by atoms with van der Waals surface area (Å²) in [6.45, 7) is 8.26. The van der Waals surface area contributed by atoms with Crippen molar-refractivity contribution in [1.29, 1.82) is 0 Å². The van der Waals surface area contributed by atoms with Gasteiger partial charge in [0.2, 0.25) is 0 Å². The van der Waals surface area contributed by atoms with Gasteiger partial charge in [-0.05, 0) is 45.4 Å². The number of rotatable bonds is 1. The first-order chi connectivity index (χ1) is 10.4. The predicted molar refractivity (Wildman–Crippen MR) is 86.6 cm³/mol. The summed E-state index contributed by atoms with van der Waals surface area (Å²) in [4.78, 5) is 27.4. The largest absolute Gasteiger partial charge is 0.347 e. The molecule has 1 aromatic rings. The van der Waals surface area contributed by atoms with E-state index >= 15 is 0 Å². The van der Waals surface area contributed by atoms with Crippen LogP contribution < -0.4 is 0 Å². The predicted octanol–water partition coefficient (Wildman–Crippen LogP) is 3.89. The molecular formula is C19H19NO2. The number of ketones is 2. The molecule has 2 aliphatic rings. The molecule has 3 rings (SSSR count). The zero-order chi connectivity index (χ0) is 16.0. The van der Waals surface area contributed by atoms with Crippen LogP contribution in [-0.4, -0.2) is 22.5 Å². The van der Waals surface area contributed by atoms with Crippen LogP contribution in [0.1, 0.15) is 48.4 Å². The molecule has 1 aliphatic carbocycles. The van der Waals surface area contributed by atoms with Crippen molar-refractivity contribution < 1.29 is 9.59 Å². The first-order valence-corrected chi connectivity index (χ1v) is 7.50. The van der Waals surface area contributed by atoms with E-state index in [9.17, 15) is 9.59 Å². The fraction of sp³-hybridized carbons (Fsp3) is 0.263. The summed E-state index contributed by atoms with van der Waals surface area (Å²) >= 11 is 0. The second kappa shape index (κ2) is 5.09. The Kier molecular flexibility index (Phi) is 3.36. The fourth-order valence-electron chi connectivity index (χ4n) is 3.38. The van der Waals surface area contributed by atoms with E-state index in [-0.39, 0.29) is 11.6 Å². The van der Waals surface area contributed by atoms with E-state index in [4.69, 9.17) is 0 Å². The van der Waals surface area contributed by atoms with Crippen LogP contribution in [-0.2, 0) is 0 Å². The number of carbonyl (C=O) groups excluding carboxylic acids is 2.